The predicted octanol–water partition coefficient (Wildman–Crippen LogP) is 2.50. The molecule has 1 aromatic rings. The van der Waals surface area contributed by atoms with E-state index in [2.05, 4.69) is 15.9 Å². The quantitative estimate of drug-likeness (QED) is 0.808. The van der Waals surface area contributed by atoms with Crippen molar-refractivity contribution in [2.75, 3.05) is 6.54 Å². The first kappa shape index (κ1) is 11.4. The third-order valence-corrected chi connectivity index (χ3v) is 2.65. The lowest BCUT2D eigenvalue weighted by atomic mass is 10.0. The molecule has 0 saturated carbocycles. The number of phenols is 1. The van der Waals surface area contributed by atoms with E-state index in [0.717, 1.165) is 0 Å². The van der Waals surface area contributed by atoms with Gasteiger partial charge < -0.3 is 10.8 Å². The van der Waals surface area contributed by atoms with Crippen molar-refractivity contribution in [3.8, 4) is 5.75 Å². The van der Waals surface area contributed by atoms with E-state index in [4.69, 9.17) is 10.8 Å². The summed E-state index contributed by atoms with van der Waals surface area (Å²) in [6.45, 7) is 1.90. The molecule has 2 nitrogen and oxygen atoms in total. The standard InChI is InChI=1S/C9H10BrF2NO/c1-4(3-13)5-2-6(10)9(14)8(12)7(5)11/h2,4,14H,3,13H2,1H3. The number of benzene rings is 1. The van der Waals surface area contributed by atoms with Crippen molar-refractivity contribution < 1.29 is 13.9 Å². The SMILES string of the molecule is CC(CN)c1cc(Br)c(O)c(F)c1F. The van der Waals surface area contributed by atoms with Crippen LogP contribution < -0.4 is 5.73 Å². The Bertz CT molecular complexity index is 357. The molecule has 0 radical (unpaired) electrons. The van der Waals surface area contributed by atoms with E-state index in [9.17, 15) is 8.78 Å². The summed E-state index contributed by atoms with van der Waals surface area (Å²) in [5.41, 5.74) is 5.51. The fourth-order valence-corrected chi connectivity index (χ4v) is 1.51. The maximum Gasteiger partial charge on any atom is 0.201 e. The van der Waals surface area contributed by atoms with Crippen LogP contribution in [-0.2, 0) is 0 Å². The molecule has 0 spiro atoms. The highest BCUT2D eigenvalue weighted by atomic mass is 79.9. The van der Waals surface area contributed by atoms with Crippen LogP contribution in [0.2, 0.25) is 0 Å². The minimum atomic E-state index is -1.24. The molecule has 0 bridgehead atoms. The Morgan fingerprint density at radius 1 is 1.50 bits per heavy atom. The van der Waals surface area contributed by atoms with Crippen molar-refractivity contribution in [1.29, 1.82) is 0 Å². The molecule has 0 aliphatic heterocycles. The Kier molecular flexibility index (Phi) is 3.44. The highest BCUT2D eigenvalue weighted by Gasteiger charge is 2.19. The van der Waals surface area contributed by atoms with Gasteiger partial charge in [-0.05, 0) is 40.0 Å². The Morgan fingerprint density at radius 2 is 2.07 bits per heavy atom. The average Bonchev–Trinajstić information content (AvgIpc) is 2.19. The fourth-order valence-electron chi connectivity index (χ4n) is 1.09. The van der Waals surface area contributed by atoms with E-state index in [0.29, 0.717) is 0 Å². The van der Waals surface area contributed by atoms with Crippen molar-refractivity contribution in [3.05, 3.63) is 27.7 Å². The van der Waals surface area contributed by atoms with Gasteiger partial charge in [0.15, 0.2) is 11.6 Å². The summed E-state index contributed by atoms with van der Waals surface area (Å²) in [5.74, 6) is -3.28. The molecule has 0 fully saturated rings. The number of hydrogen-bond donors (Lipinski definition) is 2. The predicted molar refractivity (Wildman–Crippen MR) is 53.2 cm³/mol. The molecule has 0 aromatic heterocycles. The summed E-state index contributed by atoms with van der Waals surface area (Å²) in [4.78, 5) is 0. The largest absolute Gasteiger partial charge is 0.504 e. The molecule has 5 heteroatoms. The maximum absolute atomic E-state index is 13.3. The lowest BCUT2D eigenvalue weighted by Gasteiger charge is -2.12. The topological polar surface area (TPSA) is 46.2 Å². The Labute approximate surface area is 88.9 Å². The van der Waals surface area contributed by atoms with Gasteiger partial charge in [-0.2, -0.15) is 4.39 Å². The summed E-state index contributed by atoms with van der Waals surface area (Å²) in [6.07, 6.45) is 0. The molecular weight excluding hydrogens is 256 g/mol. The molecule has 3 N–H and O–H groups in total. The van der Waals surface area contributed by atoms with Crippen LogP contribution in [0, 0.1) is 11.6 Å². The summed E-state index contributed by atoms with van der Waals surface area (Å²) < 4.78 is 26.5. The first-order valence-electron chi connectivity index (χ1n) is 4.05. The number of aromatic hydroxyl groups is 1. The zero-order valence-electron chi connectivity index (χ0n) is 7.52. The second-order valence-electron chi connectivity index (χ2n) is 3.06. The van der Waals surface area contributed by atoms with Crippen LogP contribution in [0.15, 0.2) is 10.5 Å². The zero-order chi connectivity index (χ0) is 10.9. The van der Waals surface area contributed by atoms with E-state index in [1.165, 1.54) is 6.07 Å². The highest BCUT2D eigenvalue weighted by molar-refractivity contribution is 9.10. The monoisotopic (exact) mass is 265 g/mol. The number of phenolic OH excluding ortho intramolecular Hbond substituents is 1. The molecule has 1 unspecified atom stereocenters. The molecule has 0 heterocycles. The van der Waals surface area contributed by atoms with Gasteiger partial charge in [0.05, 0.1) is 4.47 Å². The number of nitrogens with two attached hydrogens (primary N) is 1. The van der Waals surface area contributed by atoms with Crippen LogP contribution in [0.3, 0.4) is 0 Å². The third-order valence-electron chi connectivity index (χ3n) is 2.05. The molecule has 78 valence electrons. The lowest BCUT2D eigenvalue weighted by Crippen LogP contribution is -2.11. The van der Waals surface area contributed by atoms with Crippen LogP contribution in [0.25, 0.3) is 0 Å². The van der Waals surface area contributed by atoms with Crippen LogP contribution in [0.1, 0.15) is 18.4 Å². The normalized spacial score (nSPS) is 12.9. The van der Waals surface area contributed by atoms with Crippen LogP contribution in [0.5, 0.6) is 5.75 Å². The van der Waals surface area contributed by atoms with Gasteiger partial charge in [-0.3, -0.25) is 0 Å². The highest BCUT2D eigenvalue weighted by Crippen LogP contribution is 2.33. The Balaban J connectivity index is 3.33. The van der Waals surface area contributed by atoms with Gasteiger partial charge in [0.1, 0.15) is 0 Å². The lowest BCUT2D eigenvalue weighted by molar-refractivity contribution is 0.399. The Morgan fingerprint density at radius 3 is 2.57 bits per heavy atom. The van der Waals surface area contributed by atoms with Crippen LogP contribution in [-0.4, -0.2) is 11.7 Å². The van der Waals surface area contributed by atoms with E-state index in [1.54, 1.807) is 6.92 Å². The van der Waals surface area contributed by atoms with Crippen molar-refractivity contribution >= 4 is 15.9 Å². The van der Waals surface area contributed by atoms with Crippen LogP contribution >= 0.6 is 15.9 Å². The van der Waals surface area contributed by atoms with Gasteiger partial charge in [-0.15, -0.1) is 0 Å². The molecule has 0 amide bonds. The average molecular weight is 266 g/mol. The fraction of sp³-hybridized carbons (Fsp3) is 0.333. The molecular formula is C9H10BrF2NO. The van der Waals surface area contributed by atoms with Gasteiger partial charge in [-0.1, -0.05) is 6.92 Å². The maximum atomic E-state index is 13.3. The van der Waals surface area contributed by atoms with Crippen molar-refractivity contribution in [3.63, 3.8) is 0 Å². The number of hydrogen-bond acceptors (Lipinski definition) is 2. The smallest absolute Gasteiger partial charge is 0.201 e. The minimum Gasteiger partial charge on any atom is -0.504 e. The molecule has 14 heavy (non-hydrogen) atoms. The van der Waals surface area contributed by atoms with E-state index < -0.39 is 17.4 Å². The molecule has 0 aliphatic carbocycles. The first-order valence-corrected chi connectivity index (χ1v) is 4.84. The zero-order valence-corrected chi connectivity index (χ0v) is 9.11. The van der Waals surface area contributed by atoms with Gasteiger partial charge in [0, 0.05) is 0 Å². The van der Waals surface area contributed by atoms with Crippen LogP contribution in [0.4, 0.5) is 8.78 Å². The summed E-state index contributed by atoms with van der Waals surface area (Å²) in [5, 5.41) is 9.07. The van der Waals surface area contributed by atoms with Gasteiger partial charge in [-0.25, -0.2) is 4.39 Å². The number of halogens is 3. The second kappa shape index (κ2) is 4.23. The summed E-state index contributed by atoms with van der Waals surface area (Å²) in [7, 11) is 0. The molecule has 1 atom stereocenters. The Hall–Kier alpha value is -0.680. The van der Waals surface area contributed by atoms with Crippen molar-refractivity contribution in [2.45, 2.75) is 12.8 Å². The molecule has 0 saturated heterocycles. The second-order valence-corrected chi connectivity index (χ2v) is 3.92. The summed E-state index contributed by atoms with van der Waals surface area (Å²) in [6, 6.07) is 1.34. The number of rotatable bonds is 2. The minimum absolute atomic E-state index is 0.131. The van der Waals surface area contributed by atoms with Crippen molar-refractivity contribution in [2.24, 2.45) is 5.73 Å². The van der Waals surface area contributed by atoms with Gasteiger partial charge in [0.2, 0.25) is 5.82 Å². The van der Waals surface area contributed by atoms with Gasteiger partial charge in [0.25, 0.3) is 0 Å². The molecule has 0 aliphatic rings. The summed E-state index contributed by atoms with van der Waals surface area (Å²) >= 11 is 2.93. The first-order chi connectivity index (χ1) is 6.49. The van der Waals surface area contributed by atoms with E-state index in [1.807, 2.05) is 0 Å². The van der Waals surface area contributed by atoms with E-state index in [-0.39, 0.29) is 22.5 Å². The molecule has 1 rings (SSSR count). The van der Waals surface area contributed by atoms with Crippen molar-refractivity contribution in [1.82, 2.24) is 0 Å². The van der Waals surface area contributed by atoms with E-state index >= 15 is 0 Å². The molecule has 1 aromatic carbocycles. The van der Waals surface area contributed by atoms with Gasteiger partial charge >= 0.3 is 0 Å². The third kappa shape index (κ3) is 1.88.